The van der Waals surface area contributed by atoms with Gasteiger partial charge in [0.2, 0.25) is 5.91 Å². The lowest BCUT2D eigenvalue weighted by Crippen LogP contribution is -2.33. The average molecular weight is 581 g/mol. The highest BCUT2D eigenvalue weighted by Crippen LogP contribution is 2.35. The van der Waals surface area contributed by atoms with Crippen molar-refractivity contribution in [1.29, 1.82) is 0 Å². The number of hydrazone groups is 1. The van der Waals surface area contributed by atoms with E-state index in [-0.39, 0.29) is 18.9 Å². The van der Waals surface area contributed by atoms with Gasteiger partial charge in [-0.3, -0.25) is 4.79 Å². The molecule has 3 rings (SSSR count). The summed E-state index contributed by atoms with van der Waals surface area (Å²) in [7, 11) is 0. The minimum atomic E-state index is -0.891. The molecule has 1 aliphatic rings. The Morgan fingerprint density at radius 2 is 1.90 bits per heavy atom. The van der Waals surface area contributed by atoms with E-state index in [2.05, 4.69) is 42.4 Å². The van der Waals surface area contributed by atoms with Gasteiger partial charge in [0.1, 0.15) is 12.4 Å². The first-order valence-electron chi connectivity index (χ1n) is 8.91. The second kappa shape index (κ2) is 10.4. The average Bonchev–Trinajstić information content (AvgIpc) is 3.08. The van der Waals surface area contributed by atoms with E-state index in [4.69, 9.17) is 37.4 Å². The second-order valence-electron chi connectivity index (χ2n) is 6.64. The maximum atomic E-state index is 12.0. The lowest BCUT2D eigenvalue weighted by Gasteiger charge is -2.20. The van der Waals surface area contributed by atoms with Crippen molar-refractivity contribution in [3.8, 4) is 5.75 Å². The van der Waals surface area contributed by atoms with Gasteiger partial charge in [-0.25, -0.2) is 5.43 Å². The van der Waals surface area contributed by atoms with Gasteiger partial charge in [0.25, 0.3) is 0 Å². The first kappa shape index (κ1) is 23.5. The molecule has 1 N–H and O–H groups in total. The van der Waals surface area contributed by atoms with E-state index in [1.807, 2.05) is 18.2 Å². The van der Waals surface area contributed by atoms with Crippen LogP contribution in [0.25, 0.3) is 0 Å². The molecule has 0 saturated carbocycles. The van der Waals surface area contributed by atoms with Gasteiger partial charge in [0.15, 0.2) is 5.79 Å². The van der Waals surface area contributed by atoms with Crippen LogP contribution in [0, 0.1) is 0 Å². The molecule has 0 unspecified atom stereocenters. The van der Waals surface area contributed by atoms with Gasteiger partial charge < -0.3 is 14.2 Å². The number of hydrogen-bond acceptors (Lipinski definition) is 5. The Morgan fingerprint density at radius 1 is 1.23 bits per heavy atom. The van der Waals surface area contributed by atoms with Crippen LogP contribution in [0.15, 0.2) is 44.4 Å². The van der Waals surface area contributed by atoms with Gasteiger partial charge in [0.05, 0.1) is 34.8 Å². The van der Waals surface area contributed by atoms with Crippen molar-refractivity contribution >= 4 is 67.2 Å². The standard InChI is InChI=1S/C20H18Br2Cl2N2O4/c1-20(29-4-5-30-20)9-18(27)26-25-10-12-6-15(21)19(16(22)7-12)28-11-13-2-3-14(23)8-17(13)24/h2-3,6-8,10H,4-5,9,11H2,1H3,(H,26,27)/b25-10-. The van der Waals surface area contributed by atoms with Crippen molar-refractivity contribution in [3.05, 3.63) is 60.4 Å². The number of nitrogens with zero attached hydrogens (tertiary/aromatic N) is 1. The largest absolute Gasteiger partial charge is 0.486 e. The maximum absolute atomic E-state index is 12.0. The van der Waals surface area contributed by atoms with Crippen molar-refractivity contribution in [2.75, 3.05) is 13.2 Å². The molecule has 2 aromatic rings. The third kappa shape index (κ3) is 6.42. The molecule has 1 heterocycles. The molecule has 0 radical (unpaired) electrons. The van der Waals surface area contributed by atoms with Crippen molar-refractivity contribution in [2.45, 2.75) is 25.7 Å². The Labute approximate surface area is 201 Å². The summed E-state index contributed by atoms with van der Waals surface area (Å²) < 4.78 is 18.2. The first-order valence-corrected chi connectivity index (χ1v) is 11.3. The molecule has 0 spiro atoms. The van der Waals surface area contributed by atoms with Crippen LogP contribution in [0.3, 0.4) is 0 Å². The third-order valence-electron chi connectivity index (χ3n) is 4.19. The monoisotopic (exact) mass is 578 g/mol. The minimum absolute atomic E-state index is 0.0672. The second-order valence-corrected chi connectivity index (χ2v) is 9.19. The molecule has 0 aliphatic carbocycles. The van der Waals surface area contributed by atoms with E-state index in [9.17, 15) is 4.79 Å². The highest BCUT2D eigenvalue weighted by Gasteiger charge is 2.33. The first-order chi connectivity index (χ1) is 14.3. The van der Waals surface area contributed by atoms with Crippen molar-refractivity contribution in [2.24, 2.45) is 5.10 Å². The summed E-state index contributed by atoms with van der Waals surface area (Å²) in [6, 6.07) is 8.90. The third-order valence-corrected chi connectivity index (χ3v) is 5.96. The lowest BCUT2D eigenvalue weighted by atomic mass is 10.2. The molecular weight excluding hydrogens is 563 g/mol. The maximum Gasteiger partial charge on any atom is 0.245 e. The zero-order chi connectivity index (χ0) is 21.7. The Balaban J connectivity index is 1.59. The fourth-order valence-electron chi connectivity index (χ4n) is 2.75. The Hall–Kier alpha value is -1.16. The van der Waals surface area contributed by atoms with Crippen LogP contribution in [0.1, 0.15) is 24.5 Å². The van der Waals surface area contributed by atoms with Gasteiger partial charge in [-0.2, -0.15) is 5.10 Å². The van der Waals surface area contributed by atoms with Crippen molar-refractivity contribution < 1.29 is 19.0 Å². The van der Waals surface area contributed by atoms with Gasteiger partial charge in [-0.15, -0.1) is 0 Å². The summed E-state index contributed by atoms with van der Waals surface area (Å²) in [5, 5.41) is 5.10. The van der Waals surface area contributed by atoms with E-state index in [1.165, 1.54) is 6.21 Å². The predicted molar refractivity (Wildman–Crippen MR) is 123 cm³/mol. The van der Waals surface area contributed by atoms with Crippen LogP contribution in [-0.2, 0) is 20.9 Å². The lowest BCUT2D eigenvalue weighted by molar-refractivity contribution is -0.159. The summed E-state index contributed by atoms with van der Waals surface area (Å²) in [6.45, 7) is 2.97. The van der Waals surface area contributed by atoms with Crippen LogP contribution >= 0.6 is 55.1 Å². The molecule has 0 aromatic heterocycles. The molecule has 6 nitrogen and oxygen atoms in total. The van der Waals surface area contributed by atoms with Crippen molar-refractivity contribution in [1.82, 2.24) is 5.43 Å². The number of nitrogens with one attached hydrogen (secondary N) is 1. The summed E-state index contributed by atoms with van der Waals surface area (Å²) in [5.41, 5.74) is 4.05. The molecule has 1 amide bonds. The smallest absolute Gasteiger partial charge is 0.245 e. The van der Waals surface area contributed by atoms with Crippen LogP contribution in [0.4, 0.5) is 0 Å². The Morgan fingerprint density at radius 3 is 2.53 bits per heavy atom. The summed E-state index contributed by atoms with van der Waals surface area (Å²) in [5.74, 6) is -0.573. The van der Waals surface area contributed by atoms with Crippen LogP contribution < -0.4 is 10.2 Å². The normalized spacial score (nSPS) is 15.5. The number of halogens is 4. The Kier molecular flexibility index (Phi) is 8.17. The molecule has 2 aromatic carbocycles. The molecule has 1 saturated heterocycles. The van der Waals surface area contributed by atoms with Gasteiger partial charge >= 0.3 is 0 Å². The van der Waals surface area contributed by atoms with E-state index >= 15 is 0 Å². The summed E-state index contributed by atoms with van der Waals surface area (Å²) in [4.78, 5) is 12.0. The van der Waals surface area contributed by atoms with Gasteiger partial charge in [-0.05, 0) is 68.6 Å². The SMILES string of the molecule is CC1(CC(=O)N/N=C\c2cc(Br)c(OCc3ccc(Cl)cc3Cl)c(Br)c2)OCCO1. The fraction of sp³-hybridized carbons (Fsp3) is 0.300. The summed E-state index contributed by atoms with van der Waals surface area (Å²) >= 11 is 19.1. The number of carbonyl (C=O) groups is 1. The predicted octanol–water partition coefficient (Wildman–Crippen LogP) is 5.70. The Bertz CT molecular complexity index is 943. The molecule has 0 atom stereocenters. The van der Waals surface area contributed by atoms with E-state index < -0.39 is 5.79 Å². The highest BCUT2D eigenvalue weighted by molar-refractivity contribution is 9.11. The van der Waals surface area contributed by atoms with E-state index in [0.717, 1.165) is 20.1 Å². The molecule has 0 bridgehead atoms. The molecular formula is C20H18Br2Cl2N2O4. The van der Waals surface area contributed by atoms with Crippen LogP contribution in [0.2, 0.25) is 10.0 Å². The molecule has 30 heavy (non-hydrogen) atoms. The minimum Gasteiger partial charge on any atom is -0.486 e. The fourth-order valence-corrected chi connectivity index (χ4v) is 4.66. The summed E-state index contributed by atoms with van der Waals surface area (Å²) in [6.07, 6.45) is 1.60. The quantitative estimate of drug-likeness (QED) is 0.337. The number of hydrogen-bond donors (Lipinski definition) is 1. The van der Waals surface area contributed by atoms with Crippen LogP contribution in [-0.4, -0.2) is 31.1 Å². The zero-order valence-corrected chi connectivity index (χ0v) is 20.6. The number of benzene rings is 2. The number of ether oxygens (including phenoxy) is 3. The van der Waals surface area contributed by atoms with E-state index in [0.29, 0.717) is 29.0 Å². The number of amides is 1. The van der Waals surface area contributed by atoms with Gasteiger partial charge in [-0.1, -0.05) is 29.3 Å². The highest BCUT2D eigenvalue weighted by atomic mass is 79.9. The molecule has 10 heteroatoms. The van der Waals surface area contributed by atoms with E-state index in [1.54, 1.807) is 19.1 Å². The van der Waals surface area contributed by atoms with Crippen molar-refractivity contribution in [3.63, 3.8) is 0 Å². The topological polar surface area (TPSA) is 69.2 Å². The number of carbonyl (C=O) groups excluding carboxylic acids is 1. The molecule has 1 aliphatic heterocycles. The molecule has 160 valence electrons. The number of rotatable bonds is 7. The van der Waals surface area contributed by atoms with Crippen LogP contribution in [0.5, 0.6) is 5.75 Å². The molecule has 1 fully saturated rings. The van der Waals surface area contributed by atoms with Gasteiger partial charge in [0, 0.05) is 15.6 Å². The zero-order valence-electron chi connectivity index (χ0n) is 15.9.